The zero-order valence-electron chi connectivity index (χ0n) is 38.8. The number of halogens is 1. The first kappa shape index (κ1) is 54.7. The Kier molecular flexibility index (Phi) is 43.9. The van der Waals surface area contributed by atoms with Gasteiger partial charge in [0, 0.05) is 0 Å². The Labute approximate surface area is 350 Å². The summed E-state index contributed by atoms with van der Waals surface area (Å²) in [5, 5.41) is 0. The van der Waals surface area contributed by atoms with Gasteiger partial charge in [-0.15, -0.1) is 0 Å². The molecule has 0 heterocycles. The van der Waals surface area contributed by atoms with E-state index < -0.39 is 5.96 Å². The van der Waals surface area contributed by atoms with Crippen molar-refractivity contribution in [3.05, 3.63) is 0 Å². The van der Waals surface area contributed by atoms with E-state index in [1.54, 1.807) is 0 Å². The van der Waals surface area contributed by atoms with E-state index in [-0.39, 0.29) is 0 Å². The Balaban J connectivity index is 5.07. The van der Waals surface area contributed by atoms with Crippen molar-refractivity contribution in [3.63, 3.8) is 0 Å². The van der Waals surface area contributed by atoms with E-state index in [1.807, 2.05) is 0 Å². The molecule has 0 bridgehead atoms. The molecule has 0 aromatic heterocycles. The molecule has 0 N–H and O–H groups in total. The first-order valence-electron chi connectivity index (χ1n) is 26.3. The maximum atomic E-state index is 8.42. The van der Waals surface area contributed by atoms with Crippen molar-refractivity contribution < 1.29 is 0 Å². The summed E-state index contributed by atoms with van der Waals surface area (Å²) in [5.74, 6) is -2.20. The van der Waals surface area contributed by atoms with Crippen molar-refractivity contribution in [2.75, 3.05) is 24.6 Å². The number of hydrogen-bond donors (Lipinski definition) is 0. The zero-order valence-corrected chi connectivity index (χ0v) is 40.4. The van der Waals surface area contributed by atoms with Crippen LogP contribution in [0.1, 0.15) is 310 Å². The third-order valence-corrected chi connectivity index (χ3v) is 21.0. The average Bonchev–Trinajstić information content (AvgIpc) is 3.17. The molecule has 0 radical (unpaired) electrons. The Morgan fingerprint density at radius 1 is 0.185 bits per heavy atom. The molecule has 0 fully saturated rings. The van der Waals surface area contributed by atoms with E-state index in [2.05, 4.69) is 27.7 Å². The van der Waals surface area contributed by atoms with E-state index in [9.17, 15) is 0 Å². The summed E-state index contributed by atoms with van der Waals surface area (Å²) in [4.78, 5) is 0. The fourth-order valence-corrected chi connectivity index (χ4v) is 16.2. The van der Waals surface area contributed by atoms with E-state index >= 15 is 0 Å². The van der Waals surface area contributed by atoms with Crippen LogP contribution in [0.4, 0.5) is 0 Å². The fourth-order valence-electron chi connectivity index (χ4n) is 9.36. The molecule has 0 rings (SSSR count). The first-order chi connectivity index (χ1) is 26.5. The minimum Gasteiger partial charge on any atom is -0.0654 e. The summed E-state index contributed by atoms with van der Waals surface area (Å²) in [6, 6.07) is 0. The quantitative estimate of drug-likeness (QED) is 0.0425. The van der Waals surface area contributed by atoms with Gasteiger partial charge in [0.15, 0.2) is 0 Å². The van der Waals surface area contributed by atoms with Crippen molar-refractivity contribution >= 4 is 17.2 Å². The Morgan fingerprint density at radius 3 is 0.426 bits per heavy atom. The fraction of sp³-hybridized carbons (Fsp3) is 1.00. The average molecular weight is 800 g/mol. The Bertz CT molecular complexity index is 574. The predicted octanol–water partition coefficient (Wildman–Crippen LogP) is 20.9. The summed E-state index contributed by atoms with van der Waals surface area (Å²) in [6.45, 7) is 9.32. The van der Waals surface area contributed by atoms with Gasteiger partial charge in [-0.25, -0.2) is 0 Å². The third-order valence-electron chi connectivity index (χ3n) is 13.3. The van der Waals surface area contributed by atoms with Crippen molar-refractivity contribution in [2.45, 2.75) is 310 Å². The van der Waals surface area contributed by atoms with Gasteiger partial charge in [-0.2, -0.15) is 0 Å². The van der Waals surface area contributed by atoms with Crippen LogP contribution >= 0.6 is 17.2 Å². The monoisotopic (exact) mass is 799 g/mol. The topological polar surface area (TPSA) is 0 Å². The van der Waals surface area contributed by atoms with Gasteiger partial charge >= 0.3 is 324 Å². The van der Waals surface area contributed by atoms with Gasteiger partial charge in [0.2, 0.25) is 0 Å². The van der Waals surface area contributed by atoms with Gasteiger partial charge < -0.3 is 0 Å². The first-order valence-corrected chi connectivity index (χ1v) is 30.1. The molecule has 0 saturated carbocycles. The van der Waals surface area contributed by atoms with Crippen LogP contribution in [0.3, 0.4) is 0 Å². The van der Waals surface area contributed by atoms with Crippen LogP contribution in [0.25, 0.3) is 0 Å². The van der Waals surface area contributed by atoms with Crippen LogP contribution in [0, 0.1) is 0 Å². The van der Waals surface area contributed by atoms with Crippen LogP contribution in [0.5, 0.6) is 0 Å². The van der Waals surface area contributed by atoms with Crippen molar-refractivity contribution in [1.29, 1.82) is 0 Å². The standard InChI is InChI=1S/C52H108ClP/c1-5-9-13-17-21-25-29-33-37-41-45-49-54(53,50-46-42-38-34-30-26-22-18-14-10-6-2,51-47-43-39-35-31-27-23-19-15-11-7-3)52-48-44-40-36-32-28-24-20-16-12-8-4/h5-52H2,1-4H3. The molecule has 0 saturated heterocycles. The predicted molar refractivity (Wildman–Crippen MR) is 258 cm³/mol. The van der Waals surface area contributed by atoms with Gasteiger partial charge in [-0.3, -0.25) is 0 Å². The number of unbranched alkanes of at least 4 members (excludes halogenated alkanes) is 40. The van der Waals surface area contributed by atoms with Crippen LogP contribution in [-0.2, 0) is 0 Å². The van der Waals surface area contributed by atoms with E-state index in [0.717, 1.165) is 0 Å². The molecular formula is C52H108ClP. The second-order valence-corrected chi connectivity index (χ2v) is 27.2. The molecule has 0 amide bonds. The van der Waals surface area contributed by atoms with Crippen LogP contribution in [-0.4, -0.2) is 24.6 Å². The second kappa shape index (κ2) is 43.3. The summed E-state index contributed by atoms with van der Waals surface area (Å²) in [5.41, 5.74) is 0. The summed E-state index contributed by atoms with van der Waals surface area (Å²) >= 11 is 8.42. The van der Waals surface area contributed by atoms with Crippen LogP contribution in [0.2, 0.25) is 0 Å². The molecule has 0 atom stereocenters. The Hall–Kier alpha value is 0.720. The SMILES string of the molecule is CCCCCCCCCCCCCP(Cl)(CCCCCCCCCCCCC)(CCCCCCCCCCCCC)CCCCCCCCCCCCC. The molecule has 0 aromatic rings. The van der Waals surface area contributed by atoms with E-state index in [4.69, 9.17) is 11.2 Å². The van der Waals surface area contributed by atoms with Gasteiger partial charge in [0.1, 0.15) is 0 Å². The molecule has 0 aliphatic carbocycles. The molecule has 0 unspecified atom stereocenters. The minimum atomic E-state index is -2.20. The molecule has 0 aliphatic rings. The second-order valence-electron chi connectivity index (χ2n) is 18.9. The molecule has 0 spiro atoms. The van der Waals surface area contributed by atoms with Gasteiger partial charge in [0.05, 0.1) is 0 Å². The number of hydrogen-bond acceptors (Lipinski definition) is 0. The van der Waals surface area contributed by atoms with Gasteiger partial charge in [-0.1, -0.05) is 27.7 Å². The van der Waals surface area contributed by atoms with Crippen LogP contribution < -0.4 is 0 Å². The van der Waals surface area contributed by atoms with Crippen molar-refractivity contribution in [2.24, 2.45) is 0 Å². The van der Waals surface area contributed by atoms with E-state index in [1.165, 1.54) is 307 Å². The molecule has 2 heteroatoms. The van der Waals surface area contributed by atoms with E-state index in [0.29, 0.717) is 0 Å². The zero-order chi connectivity index (χ0) is 39.4. The third kappa shape index (κ3) is 38.2. The molecule has 328 valence electrons. The van der Waals surface area contributed by atoms with Crippen molar-refractivity contribution in [1.82, 2.24) is 0 Å². The Morgan fingerprint density at radius 2 is 0.296 bits per heavy atom. The molecule has 54 heavy (non-hydrogen) atoms. The minimum absolute atomic E-state index is 1.36. The summed E-state index contributed by atoms with van der Waals surface area (Å²) in [6.07, 6.45) is 69.2. The molecule has 0 aliphatic heterocycles. The summed E-state index contributed by atoms with van der Waals surface area (Å²) in [7, 11) is 0. The van der Waals surface area contributed by atoms with Gasteiger partial charge in [-0.05, 0) is 0 Å². The molecule has 0 aromatic carbocycles. The molecular weight excluding hydrogens is 691 g/mol. The van der Waals surface area contributed by atoms with Crippen LogP contribution in [0.15, 0.2) is 0 Å². The normalized spacial score (nSPS) is 12.8. The summed E-state index contributed by atoms with van der Waals surface area (Å²) < 4.78 is 0. The number of rotatable bonds is 48. The van der Waals surface area contributed by atoms with Gasteiger partial charge in [0.25, 0.3) is 0 Å². The maximum absolute atomic E-state index is 8.42. The smallest absolute Gasteiger partial charge is 0.0654 e. The van der Waals surface area contributed by atoms with Crippen molar-refractivity contribution in [3.8, 4) is 0 Å². The molecule has 0 nitrogen and oxygen atoms in total.